The SMILES string of the molecule is CCOCCS(=O)(=O)N(CC)C1COCC1C(=O)O. The summed E-state index contributed by atoms with van der Waals surface area (Å²) in [7, 11) is -3.53. The van der Waals surface area contributed by atoms with Gasteiger partial charge in [-0.1, -0.05) is 6.92 Å². The third kappa shape index (κ3) is 4.13. The largest absolute Gasteiger partial charge is 0.481 e. The van der Waals surface area contributed by atoms with E-state index in [-0.39, 0.29) is 32.1 Å². The summed E-state index contributed by atoms with van der Waals surface area (Å²) in [5.74, 6) is -1.97. The number of nitrogens with zero attached hydrogens (tertiary/aromatic N) is 1. The Kier molecular flexibility index (Phi) is 6.18. The van der Waals surface area contributed by atoms with E-state index in [9.17, 15) is 13.2 Å². The molecule has 1 heterocycles. The quantitative estimate of drug-likeness (QED) is 0.622. The van der Waals surface area contributed by atoms with E-state index in [0.717, 1.165) is 0 Å². The van der Waals surface area contributed by atoms with Crippen LogP contribution in [0.5, 0.6) is 0 Å². The fraction of sp³-hybridized carbons (Fsp3) is 0.909. The molecular weight excluding hydrogens is 274 g/mol. The second-order valence-corrected chi connectivity index (χ2v) is 6.31. The average Bonchev–Trinajstić information content (AvgIpc) is 2.78. The molecule has 1 N–H and O–H groups in total. The van der Waals surface area contributed by atoms with Gasteiger partial charge in [-0.2, -0.15) is 4.31 Å². The highest BCUT2D eigenvalue weighted by molar-refractivity contribution is 7.89. The Hall–Kier alpha value is -0.700. The van der Waals surface area contributed by atoms with Crippen LogP contribution in [0.15, 0.2) is 0 Å². The molecule has 1 fully saturated rings. The number of sulfonamides is 1. The van der Waals surface area contributed by atoms with Gasteiger partial charge in [-0.3, -0.25) is 4.79 Å². The van der Waals surface area contributed by atoms with Crippen molar-refractivity contribution in [3.8, 4) is 0 Å². The van der Waals surface area contributed by atoms with Crippen molar-refractivity contribution in [3.63, 3.8) is 0 Å². The molecule has 0 aromatic rings. The molecule has 1 aliphatic rings. The van der Waals surface area contributed by atoms with Crippen LogP contribution in [-0.4, -0.2) is 68.6 Å². The van der Waals surface area contributed by atoms with Crippen LogP contribution >= 0.6 is 0 Å². The molecule has 8 heteroatoms. The summed E-state index contributed by atoms with van der Waals surface area (Å²) < 4.78 is 35.8. The Morgan fingerprint density at radius 1 is 1.42 bits per heavy atom. The molecule has 1 saturated heterocycles. The number of carboxylic acid groups (broad SMARTS) is 1. The number of carbonyl (C=O) groups is 1. The maximum absolute atomic E-state index is 12.2. The summed E-state index contributed by atoms with van der Waals surface area (Å²) in [5, 5.41) is 9.08. The van der Waals surface area contributed by atoms with E-state index in [1.54, 1.807) is 13.8 Å². The molecule has 0 amide bonds. The first kappa shape index (κ1) is 16.4. The lowest BCUT2D eigenvalue weighted by molar-refractivity contribution is -0.142. The number of carboxylic acids is 1. The molecule has 0 aromatic carbocycles. The van der Waals surface area contributed by atoms with Crippen molar-refractivity contribution in [2.24, 2.45) is 5.92 Å². The zero-order valence-corrected chi connectivity index (χ0v) is 12.1. The van der Waals surface area contributed by atoms with Crippen LogP contribution in [0, 0.1) is 5.92 Å². The van der Waals surface area contributed by atoms with Gasteiger partial charge in [-0.25, -0.2) is 8.42 Å². The van der Waals surface area contributed by atoms with Crippen molar-refractivity contribution in [1.29, 1.82) is 0 Å². The van der Waals surface area contributed by atoms with Crippen LogP contribution < -0.4 is 0 Å². The van der Waals surface area contributed by atoms with Gasteiger partial charge in [0.2, 0.25) is 10.0 Å². The summed E-state index contributed by atoms with van der Waals surface area (Å²) >= 11 is 0. The van der Waals surface area contributed by atoms with Crippen LogP contribution in [0.3, 0.4) is 0 Å². The van der Waals surface area contributed by atoms with Crippen LogP contribution in [0.2, 0.25) is 0 Å². The predicted molar refractivity (Wildman–Crippen MR) is 68.4 cm³/mol. The molecule has 2 atom stereocenters. The lowest BCUT2D eigenvalue weighted by atomic mass is 10.0. The smallest absolute Gasteiger partial charge is 0.310 e. The van der Waals surface area contributed by atoms with Crippen molar-refractivity contribution in [2.75, 3.05) is 38.7 Å². The number of hydrogen-bond donors (Lipinski definition) is 1. The van der Waals surface area contributed by atoms with Gasteiger partial charge in [0.25, 0.3) is 0 Å². The molecule has 112 valence electrons. The van der Waals surface area contributed by atoms with Gasteiger partial charge in [-0.05, 0) is 6.92 Å². The maximum Gasteiger partial charge on any atom is 0.310 e. The molecule has 1 aliphatic heterocycles. The molecule has 0 radical (unpaired) electrons. The first-order valence-electron chi connectivity index (χ1n) is 6.31. The summed E-state index contributed by atoms with van der Waals surface area (Å²) in [4.78, 5) is 11.1. The van der Waals surface area contributed by atoms with Crippen molar-refractivity contribution in [1.82, 2.24) is 4.31 Å². The molecule has 0 saturated carbocycles. The lowest BCUT2D eigenvalue weighted by Gasteiger charge is -2.28. The second kappa shape index (κ2) is 7.18. The lowest BCUT2D eigenvalue weighted by Crippen LogP contribution is -2.47. The Morgan fingerprint density at radius 2 is 2.11 bits per heavy atom. The number of rotatable bonds is 8. The minimum atomic E-state index is -3.53. The van der Waals surface area contributed by atoms with Crippen molar-refractivity contribution < 1.29 is 27.8 Å². The first-order chi connectivity index (χ1) is 8.94. The molecule has 2 unspecified atom stereocenters. The molecule has 0 spiro atoms. The van der Waals surface area contributed by atoms with Gasteiger partial charge < -0.3 is 14.6 Å². The van der Waals surface area contributed by atoms with E-state index in [1.165, 1.54) is 4.31 Å². The number of ether oxygens (including phenoxy) is 2. The zero-order valence-electron chi connectivity index (χ0n) is 11.2. The van der Waals surface area contributed by atoms with Gasteiger partial charge in [0.15, 0.2) is 0 Å². The van der Waals surface area contributed by atoms with Crippen molar-refractivity contribution in [3.05, 3.63) is 0 Å². The molecule has 7 nitrogen and oxygen atoms in total. The molecule has 0 aromatic heterocycles. The van der Waals surface area contributed by atoms with Crippen LogP contribution in [0.25, 0.3) is 0 Å². The number of likely N-dealkylation sites (N-methyl/N-ethyl adjacent to an activating group) is 1. The monoisotopic (exact) mass is 295 g/mol. The maximum atomic E-state index is 12.2. The van der Waals surface area contributed by atoms with E-state index in [0.29, 0.717) is 6.61 Å². The zero-order chi connectivity index (χ0) is 14.5. The van der Waals surface area contributed by atoms with Gasteiger partial charge in [-0.15, -0.1) is 0 Å². The minimum absolute atomic E-state index is 0.0531. The highest BCUT2D eigenvalue weighted by atomic mass is 32.2. The highest BCUT2D eigenvalue weighted by Gasteiger charge is 2.41. The van der Waals surface area contributed by atoms with Gasteiger partial charge in [0, 0.05) is 13.2 Å². The van der Waals surface area contributed by atoms with E-state index < -0.39 is 28.0 Å². The average molecular weight is 295 g/mol. The predicted octanol–water partition coefficient (Wildman–Crippen LogP) is -0.226. The fourth-order valence-electron chi connectivity index (χ4n) is 2.13. The van der Waals surface area contributed by atoms with E-state index in [1.807, 2.05) is 0 Å². The normalized spacial score (nSPS) is 23.9. The molecular formula is C11H21NO6S. The molecule has 19 heavy (non-hydrogen) atoms. The Bertz CT molecular complexity index is 396. The fourth-order valence-corrected chi connectivity index (χ4v) is 3.70. The van der Waals surface area contributed by atoms with Crippen molar-refractivity contribution in [2.45, 2.75) is 19.9 Å². The van der Waals surface area contributed by atoms with Gasteiger partial charge in [0.1, 0.15) is 0 Å². The Labute approximate surface area is 113 Å². The first-order valence-corrected chi connectivity index (χ1v) is 7.92. The second-order valence-electron chi connectivity index (χ2n) is 4.27. The van der Waals surface area contributed by atoms with Crippen molar-refractivity contribution >= 4 is 16.0 Å². The molecule has 1 rings (SSSR count). The summed E-state index contributed by atoms with van der Waals surface area (Å²) in [6, 6.07) is -0.630. The van der Waals surface area contributed by atoms with Gasteiger partial charge in [0.05, 0.1) is 37.5 Å². The third-order valence-corrected chi connectivity index (χ3v) is 5.02. The minimum Gasteiger partial charge on any atom is -0.481 e. The molecule has 0 bridgehead atoms. The highest BCUT2D eigenvalue weighted by Crippen LogP contribution is 2.22. The van der Waals surface area contributed by atoms with Crippen LogP contribution in [0.1, 0.15) is 13.8 Å². The summed E-state index contributed by atoms with van der Waals surface area (Å²) in [6.07, 6.45) is 0. The van der Waals surface area contributed by atoms with Crippen LogP contribution in [-0.2, 0) is 24.3 Å². The number of hydrogen-bond acceptors (Lipinski definition) is 5. The van der Waals surface area contributed by atoms with Gasteiger partial charge >= 0.3 is 5.97 Å². The standard InChI is InChI=1S/C11H21NO6S/c1-3-12(19(15,16)6-5-17-4-2)10-8-18-7-9(10)11(13)14/h9-10H,3-8H2,1-2H3,(H,13,14). The number of aliphatic carboxylic acids is 1. The molecule has 0 aliphatic carbocycles. The van der Waals surface area contributed by atoms with Crippen LogP contribution in [0.4, 0.5) is 0 Å². The van der Waals surface area contributed by atoms with E-state index in [2.05, 4.69) is 0 Å². The Balaban J connectivity index is 2.78. The van der Waals surface area contributed by atoms with E-state index >= 15 is 0 Å². The summed E-state index contributed by atoms with van der Waals surface area (Å²) in [5.41, 5.74) is 0. The summed E-state index contributed by atoms with van der Waals surface area (Å²) in [6.45, 7) is 4.44. The third-order valence-electron chi connectivity index (χ3n) is 3.10. The topological polar surface area (TPSA) is 93.1 Å². The Morgan fingerprint density at radius 3 is 2.63 bits per heavy atom. The van der Waals surface area contributed by atoms with E-state index in [4.69, 9.17) is 14.6 Å².